The summed E-state index contributed by atoms with van der Waals surface area (Å²) in [7, 11) is 0. The van der Waals surface area contributed by atoms with Crippen molar-refractivity contribution in [3.8, 4) is 45.3 Å². The van der Waals surface area contributed by atoms with Gasteiger partial charge in [0.15, 0.2) is 23.0 Å². The van der Waals surface area contributed by atoms with Crippen molar-refractivity contribution in [1.29, 1.82) is 0 Å². The van der Waals surface area contributed by atoms with Gasteiger partial charge in [0.05, 0.1) is 0 Å². The SMILES string of the molecule is c1cc2c(cc1-c1cscc1-c1ccc3c(c1)OCO3)OCO2. The van der Waals surface area contributed by atoms with Crippen LogP contribution in [0.3, 0.4) is 0 Å². The Morgan fingerprint density at radius 3 is 1.61 bits per heavy atom. The summed E-state index contributed by atoms with van der Waals surface area (Å²) in [6.07, 6.45) is 0. The Morgan fingerprint density at radius 2 is 1.09 bits per heavy atom. The van der Waals surface area contributed by atoms with Gasteiger partial charge in [-0.2, -0.15) is 11.3 Å². The first-order valence-corrected chi connectivity index (χ1v) is 8.19. The molecule has 23 heavy (non-hydrogen) atoms. The van der Waals surface area contributed by atoms with Crippen LogP contribution in [0.4, 0.5) is 0 Å². The monoisotopic (exact) mass is 324 g/mol. The summed E-state index contributed by atoms with van der Waals surface area (Å²) in [4.78, 5) is 0. The molecule has 2 aromatic carbocycles. The van der Waals surface area contributed by atoms with Gasteiger partial charge in [-0.25, -0.2) is 0 Å². The van der Waals surface area contributed by atoms with E-state index >= 15 is 0 Å². The van der Waals surface area contributed by atoms with E-state index in [2.05, 4.69) is 22.9 Å². The van der Waals surface area contributed by atoms with Gasteiger partial charge >= 0.3 is 0 Å². The molecular weight excluding hydrogens is 312 g/mol. The number of hydrogen-bond donors (Lipinski definition) is 0. The average molecular weight is 324 g/mol. The Hall–Kier alpha value is -2.66. The molecular formula is C18H12O4S. The zero-order valence-corrected chi connectivity index (χ0v) is 12.9. The van der Waals surface area contributed by atoms with Gasteiger partial charge in [-0.15, -0.1) is 0 Å². The van der Waals surface area contributed by atoms with Crippen LogP contribution in [0.2, 0.25) is 0 Å². The summed E-state index contributed by atoms with van der Waals surface area (Å²) in [5, 5.41) is 4.30. The fourth-order valence-corrected chi connectivity index (χ4v) is 3.74. The first kappa shape index (κ1) is 12.8. The summed E-state index contributed by atoms with van der Waals surface area (Å²) in [5.74, 6) is 3.19. The lowest BCUT2D eigenvalue weighted by molar-refractivity contribution is 0.173. The molecule has 114 valence electrons. The van der Waals surface area contributed by atoms with Crippen LogP contribution in [-0.2, 0) is 0 Å². The highest BCUT2D eigenvalue weighted by atomic mass is 32.1. The lowest BCUT2D eigenvalue weighted by Crippen LogP contribution is -1.92. The molecule has 5 rings (SSSR count). The molecule has 5 heteroatoms. The summed E-state index contributed by atoms with van der Waals surface area (Å²) >= 11 is 1.68. The minimum atomic E-state index is 0.289. The molecule has 0 saturated carbocycles. The van der Waals surface area contributed by atoms with Crippen LogP contribution in [0.1, 0.15) is 0 Å². The van der Waals surface area contributed by atoms with Crippen molar-refractivity contribution in [2.45, 2.75) is 0 Å². The number of fused-ring (bicyclic) bond motifs is 2. The molecule has 0 amide bonds. The Kier molecular flexibility index (Phi) is 2.75. The quantitative estimate of drug-likeness (QED) is 0.693. The predicted molar refractivity (Wildman–Crippen MR) is 87.4 cm³/mol. The van der Waals surface area contributed by atoms with Gasteiger partial charge in [-0.1, -0.05) is 12.1 Å². The lowest BCUT2D eigenvalue weighted by atomic mass is 9.98. The normalized spacial score (nSPS) is 14.3. The first-order valence-electron chi connectivity index (χ1n) is 7.25. The van der Waals surface area contributed by atoms with E-state index in [1.165, 1.54) is 11.1 Å². The van der Waals surface area contributed by atoms with E-state index in [4.69, 9.17) is 18.9 Å². The molecule has 3 heterocycles. The molecule has 0 N–H and O–H groups in total. The van der Waals surface area contributed by atoms with Crippen molar-refractivity contribution in [3.63, 3.8) is 0 Å². The maximum absolute atomic E-state index is 5.49. The second-order valence-corrected chi connectivity index (χ2v) is 6.08. The van der Waals surface area contributed by atoms with E-state index in [0.717, 1.165) is 34.1 Å². The molecule has 0 radical (unpaired) electrons. The highest BCUT2D eigenvalue weighted by molar-refractivity contribution is 7.08. The molecule has 2 aliphatic heterocycles. The van der Waals surface area contributed by atoms with Crippen molar-refractivity contribution in [1.82, 2.24) is 0 Å². The van der Waals surface area contributed by atoms with E-state index < -0.39 is 0 Å². The molecule has 1 aromatic heterocycles. The molecule has 3 aromatic rings. The molecule has 0 spiro atoms. The summed E-state index contributed by atoms with van der Waals surface area (Å²) in [6.45, 7) is 0.578. The van der Waals surface area contributed by atoms with Gasteiger partial charge < -0.3 is 18.9 Å². The number of thiophene rings is 1. The summed E-state index contributed by atoms with van der Waals surface area (Å²) in [5.41, 5.74) is 4.57. The second-order valence-electron chi connectivity index (χ2n) is 5.34. The zero-order valence-electron chi connectivity index (χ0n) is 12.1. The van der Waals surface area contributed by atoms with Crippen molar-refractivity contribution >= 4 is 11.3 Å². The van der Waals surface area contributed by atoms with Crippen molar-refractivity contribution in [2.75, 3.05) is 13.6 Å². The van der Waals surface area contributed by atoms with Crippen LogP contribution in [0.25, 0.3) is 22.3 Å². The summed E-state index contributed by atoms with van der Waals surface area (Å²) in [6, 6.07) is 12.1. The smallest absolute Gasteiger partial charge is 0.231 e. The number of ether oxygens (including phenoxy) is 4. The third-order valence-electron chi connectivity index (χ3n) is 4.03. The van der Waals surface area contributed by atoms with Gasteiger partial charge in [0, 0.05) is 11.1 Å². The van der Waals surface area contributed by atoms with Crippen LogP contribution in [0.15, 0.2) is 47.2 Å². The number of rotatable bonds is 2. The maximum Gasteiger partial charge on any atom is 0.231 e. The van der Waals surface area contributed by atoms with Crippen molar-refractivity contribution in [3.05, 3.63) is 47.2 Å². The first-order chi connectivity index (χ1) is 11.4. The fourth-order valence-electron chi connectivity index (χ4n) is 2.87. The van der Waals surface area contributed by atoms with E-state index in [0.29, 0.717) is 0 Å². The largest absolute Gasteiger partial charge is 0.454 e. The van der Waals surface area contributed by atoms with Crippen LogP contribution in [0.5, 0.6) is 23.0 Å². The minimum absolute atomic E-state index is 0.289. The Balaban J connectivity index is 1.60. The van der Waals surface area contributed by atoms with Crippen LogP contribution in [0, 0.1) is 0 Å². The lowest BCUT2D eigenvalue weighted by Gasteiger charge is -2.07. The average Bonchev–Trinajstić information content (AvgIpc) is 3.32. The molecule has 0 aliphatic carbocycles. The number of benzene rings is 2. The van der Waals surface area contributed by atoms with Crippen LogP contribution in [-0.4, -0.2) is 13.6 Å². The Labute approximate surface area is 136 Å². The minimum Gasteiger partial charge on any atom is -0.454 e. The van der Waals surface area contributed by atoms with Crippen molar-refractivity contribution in [2.24, 2.45) is 0 Å². The second kappa shape index (κ2) is 4.93. The Bertz CT molecular complexity index is 828. The molecule has 0 atom stereocenters. The van der Waals surface area contributed by atoms with Crippen LogP contribution < -0.4 is 18.9 Å². The number of hydrogen-bond acceptors (Lipinski definition) is 5. The molecule has 0 unspecified atom stereocenters. The standard InChI is InChI=1S/C18H12O4S/c1-3-15-17(21-9-19-15)5-11(1)13-7-23-8-14(13)12-2-4-16-18(6-12)22-10-20-16/h1-8H,9-10H2. The van der Waals surface area contributed by atoms with Gasteiger partial charge in [0.1, 0.15) is 0 Å². The summed E-state index contributed by atoms with van der Waals surface area (Å²) < 4.78 is 21.7. The molecule has 4 nitrogen and oxygen atoms in total. The highest BCUT2D eigenvalue weighted by Crippen LogP contribution is 2.43. The van der Waals surface area contributed by atoms with E-state index in [1.54, 1.807) is 11.3 Å². The topological polar surface area (TPSA) is 36.9 Å². The van der Waals surface area contributed by atoms with E-state index in [-0.39, 0.29) is 13.6 Å². The van der Waals surface area contributed by atoms with E-state index in [1.807, 2.05) is 24.3 Å². The third-order valence-corrected chi connectivity index (χ3v) is 4.77. The molecule has 0 bridgehead atoms. The van der Waals surface area contributed by atoms with Gasteiger partial charge in [0.25, 0.3) is 0 Å². The molecule has 0 fully saturated rings. The van der Waals surface area contributed by atoms with Crippen molar-refractivity contribution < 1.29 is 18.9 Å². The molecule has 0 saturated heterocycles. The predicted octanol–water partition coefficient (Wildman–Crippen LogP) is 4.54. The van der Waals surface area contributed by atoms with Gasteiger partial charge in [-0.3, -0.25) is 0 Å². The van der Waals surface area contributed by atoms with Gasteiger partial charge in [-0.05, 0) is 46.2 Å². The third kappa shape index (κ3) is 2.04. The zero-order chi connectivity index (χ0) is 15.2. The maximum atomic E-state index is 5.49. The Morgan fingerprint density at radius 1 is 0.609 bits per heavy atom. The van der Waals surface area contributed by atoms with Crippen LogP contribution >= 0.6 is 11.3 Å². The van der Waals surface area contributed by atoms with Gasteiger partial charge in [0.2, 0.25) is 13.6 Å². The molecule has 2 aliphatic rings. The fraction of sp³-hybridized carbons (Fsp3) is 0.111. The highest BCUT2D eigenvalue weighted by Gasteiger charge is 2.18. The van der Waals surface area contributed by atoms with E-state index in [9.17, 15) is 0 Å².